The Bertz CT molecular complexity index is 1230. The topological polar surface area (TPSA) is 85.6 Å². The monoisotopic (exact) mass is 447 g/mol. The van der Waals surface area contributed by atoms with E-state index in [4.69, 9.17) is 26.1 Å². The number of rotatable bonds is 6. The van der Waals surface area contributed by atoms with Gasteiger partial charge in [0.15, 0.2) is 28.1 Å². The molecule has 4 rings (SSSR count). The molecule has 0 radical (unpaired) electrons. The zero-order valence-corrected chi connectivity index (χ0v) is 18.4. The number of carbonyl (C=O) groups is 1. The number of para-hydroxylation sites is 2. The summed E-state index contributed by atoms with van der Waals surface area (Å²) in [5, 5.41) is 5.86. The third kappa shape index (κ3) is 4.87. The third-order valence-corrected chi connectivity index (χ3v) is 4.98. The molecule has 0 aliphatic carbocycles. The highest BCUT2D eigenvalue weighted by atomic mass is 32.1. The van der Waals surface area contributed by atoms with Crippen LogP contribution in [0.3, 0.4) is 0 Å². The smallest absolute Gasteiger partial charge is 0.257 e. The summed E-state index contributed by atoms with van der Waals surface area (Å²) in [6.45, 7) is 0. The fourth-order valence-corrected chi connectivity index (χ4v) is 3.40. The van der Waals surface area contributed by atoms with Crippen molar-refractivity contribution in [3.05, 3.63) is 83.7 Å². The summed E-state index contributed by atoms with van der Waals surface area (Å²) in [4.78, 5) is 17.0. The number of methoxy groups -OCH3 is 2. The Balaban J connectivity index is 1.35. The summed E-state index contributed by atoms with van der Waals surface area (Å²) < 4.78 is 16.2. The number of nitrogens with zero attached hydrogens (tertiary/aromatic N) is 1. The maximum Gasteiger partial charge on any atom is 0.257 e. The molecule has 0 saturated heterocycles. The zero-order chi connectivity index (χ0) is 22.5. The first-order chi connectivity index (χ1) is 15.6. The highest BCUT2D eigenvalue weighted by Gasteiger charge is 2.12. The molecule has 3 aromatic carbocycles. The predicted octanol–water partition coefficient (Wildman–Crippen LogP) is 4.56. The maximum atomic E-state index is 12.5. The van der Waals surface area contributed by atoms with Crippen LogP contribution in [0.15, 0.2) is 71.1 Å². The Hall–Kier alpha value is -3.91. The van der Waals surface area contributed by atoms with Gasteiger partial charge >= 0.3 is 0 Å². The highest BCUT2D eigenvalue weighted by molar-refractivity contribution is 7.80. The number of nitrogens with one attached hydrogen (secondary N) is 2. The summed E-state index contributed by atoms with van der Waals surface area (Å²) in [6.07, 6.45) is 0.579. The van der Waals surface area contributed by atoms with E-state index in [2.05, 4.69) is 15.6 Å². The summed E-state index contributed by atoms with van der Waals surface area (Å²) in [5.74, 6) is 1.32. The highest BCUT2D eigenvalue weighted by Crippen LogP contribution is 2.27. The molecule has 0 bridgehead atoms. The van der Waals surface area contributed by atoms with Crippen molar-refractivity contribution in [3.8, 4) is 11.5 Å². The van der Waals surface area contributed by atoms with Crippen LogP contribution in [0.5, 0.6) is 11.5 Å². The number of benzene rings is 3. The summed E-state index contributed by atoms with van der Waals surface area (Å²) >= 11 is 5.27. The minimum Gasteiger partial charge on any atom is -0.493 e. The molecule has 32 heavy (non-hydrogen) atoms. The van der Waals surface area contributed by atoms with Gasteiger partial charge in [-0.2, -0.15) is 0 Å². The van der Waals surface area contributed by atoms with E-state index in [1.54, 1.807) is 18.2 Å². The lowest BCUT2D eigenvalue weighted by Crippen LogP contribution is -2.34. The number of amides is 1. The Kier molecular flexibility index (Phi) is 6.32. The zero-order valence-electron chi connectivity index (χ0n) is 17.5. The average molecular weight is 448 g/mol. The second-order valence-corrected chi connectivity index (χ2v) is 7.34. The largest absolute Gasteiger partial charge is 0.493 e. The Morgan fingerprint density at radius 3 is 2.47 bits per heavy atom. The van der Waals surface area contributed by atoms with Gasteiger partial charge in [-0.1, -0.05) is 24.3 Å². The van der Waals surface area contributed by atoms with E-state index in [0.29, 0.717) is 29.4 Å². The molecule has 162 valence electrons. The minimum atomic E-state index is -0.351. The fourth-order valence-electron chi connectivity index (χ4n) is 3.19. The van der Waals surface area contributed by atoms with E-state index in [1.807, 2.05) is 48.5 Å². The molecule has 8 heteroatoms. The van der Waals surface area contributed by atoms with Crippen molar-refractivity contribution < 1.29 is 18.7 Å². The second kappa shape index (κ2) is 9.49. The molecule has 0 unspecified atom stereocenters. The van der Waals surface area contributed by atoms with Crippen LogP contribution in [0.2, 0.25) is 0 Å². The van der Waals surface area contributed by atoms with Gasteiger partial charge in [0, 0.05) is 17.7 Å². The summed E-state index contributed by atoms with van der Waals surface area (Å²) in [7, 11) is 3.05. The normalized spacial score (nSPS) is 10.6. The first-order valence-electron chi connectivity index (χ1n) is 9.83. The number of hydrogen-bond donors (Lipinski definition) is 2. The van der Waals surface area contributed by atoms with E-state index in [-0.39, 0.29) is 11.0 Å². The standard InChI is InChI=1S/C24H21N3O4S/c1-29-20-12-9-16(14-21(20)30-2)23(28)27-24(32)25-17-10-7-15(8-11-17)13-22-26-18-5-3-4-6-19(18)31-22/h3-12,14H,13H2,1-2H3,(H2,25,27,28,32). The summed E-state index contributed by atoms with van der Waals surface area (Å²) in [5.41, 5.74) is 3.82. The second-order valence-electron chi connectivity index (χ2n) is 6.93. The Morgan fingerprint density at radius 1 is 1.00 bits per heavy atom. The number of carbonyl (C=O) groups excluding carboxylic acids is 1. The third-order valence-electron chi connectivity index (χ3n) is 4.78. The van der Waals surface area contributed by atoms with E-state index in [9.17, 15) is 4.79 Å². The molecule has 1 aromatic heterocycles. The first-order valence-corrected chi connectivity index (χ1v) is 10.2. The van der Waals surface area contributed by atoms with Crippen LogP contribution in [0, 0.1) is 0 Å². The fraction of sp³-hybridized carbons (Fsp3) is 0.125. The van der Waals surface area contributed by atoms with Crippen LogP contribution in [0.4, 0.5) is 5.69 Å². The molecule has 0 aliphatic rings. The SMILES string of the molecule is COc1ccc(C(=O)NC(=S)Nc2ccc(Cc3nc4ccccc4o3)cc2)cc1OC. The van der Waals surface area contributed by atoms with E-state index >= 15 is 0 Å². The van der Waals surface area contributed by atoms with Gasteiger partial charge in [-0.25, -0.2) is 4.98 Å². The predicted molar refractivity (Wildman–Crippen MR) is 126 cm³/mol. The van der Waals surface area contributed by atoms with Crippen molar-refractivity contribution >= 4 is 40.0 Å². The molecule has 0 fully saturated rings. The molecular weight excluding hydrogens is 426 g/mol. The number of ether oxygens (including phenoxy) is 2. The molecular formula is C24H21N3O4S. The van der Waals surface area contributed by atoms with Gasteiger partial charge in [0.2, 0.25) is 0 Å². The first kappa shape index (κ1) is 21.3. The van der Waals surface area contributed by atoms with Crippen molar-refractivity contribution in [3.63, 3.8) is 0 Å². The van der Waals surface area contributed by atoms with Gasteiger partial charge in [-0.15, -0.1) is 0 Å². The van der Waals surface area contributed by atoms with Gasteiger partial charge < -0.3 is 19.2 Å². The van der Waals surface area contributed by atoms with Crippen molar-refractivity contribution in [1.82, 2.24) is 10.3 Å². The van der Waals surface area contributed by atoms with Gasteiger partial charge in [0.1, 0.15) is 5.52 Å². The molecule has 1 heterocycles. The molecule has 0 spiro atoms. The quantitative estimate of drug-likeness (QED) is 0.419. The number of oxazole rings is 1. The lowest BCUT2D eigenvalue weighted by atomic mass is 10.1. The molecule has 4 aromatic rings. The van der Waals surface area contributed by atoms with Crippen LogP contribution < -0.4 is 20.1 Å². The van der Waals surface area contributed by atoms with Gasteiger partial charge in [-0.05, 0) is 60.2 Å². The molecule has 1 amide bonds. The lowest BCUT2D eigenvalue weighted by Gasteiger charge is -2.12. The van der Waals surface area contributed by atoms with Crippen LogP contribution in [-0.4, -0.2) is 30.2 Å². The van der Waals surface area contributed by atoms with Crippen molar-refractivity contribution in [1.29, 1.82) is 0 Å². The van der Waals surface area contributed by atoms with Crippen molar-refractivity contribution in [2.75, 3.05) is 19.5 Å². The molecule has 2 N–H and O–H groups in total. The number of thiocarbonyl (C=S) groups is 1. The van der Waals surface area contributed by atoms with Gasteiger partial charge in [-0.3, -0.25) is 10.1 Å². The van der Waals surface area contributed by atoms with Crippen molar-refractivity contribution in [2.45, 2.75) is 6.42 Å². The van der Waals surface area contributed by atoms with Crippen LogP contribution >= 0.6 is 12.2 Å². The van der Waals surface area contributed by atoms with E-state index in [1.165, 1.54) is 14.2 Å². The Labute approximate surface area is 190 Å². The summed E-state index contributed by atoms with van der Waals surface area (Å²) in [6, 6.07) is 20.2. The van der Waals surface area contributed by atoms with Gasteiger partial charge in [0.25, 0.3) is 5.91 Å². The van der Waals surface area contributed by atoms with Crippen molar-refractivity contribution in [2.24, 2.45) is 0 Å². The number of anilines is 1. The lowest BCUT2D eigenvalue weighted by molar-refractivity contribution is 0.0977. The van der Waals surface area contributed by atoms with Gasteiger partial charge in [0.05, 0.1) is 14.2 Å². The van der Waals surface area contributed by atoms with Crippen LogP contribution in [0.1, 0.15) is 21.8 Å². The Morgan fingerprint density at radius 2 is 1.75 bits per heavy atom. The molecule has 0 aliphatic heterocycles. The van der Waals surface area contributed by atoms with Crippen LogP contribution in [0.25, 0.3) is 11.1 Å². The molecule has 0 saturated carbocycles. The number of fused-ring (bicyclic) bond motifs is 1. The molecule has 7 nitrogen and oxygen atoms in total. The number of hydrogen-bond acceptors (Lipinski definition) is 6. The average Bonchev–Trinajstić information content (AvgIpc) is 3.22. The van der Waals surface area contributed by atoms with Crippen LogP contribution in [-0.2, 0) is 6.42 Å². The maximum absolute atomic E-state index is 12.5. The minimum absolute atomic E-state index is 0.191. The van der Waals surface area contributed by atoms with E-state index in [0.717, 1.165) is 22.4 Å². The van der Waals surface area contributed by atoms with E-state index < -0.39 is 0 Å². The number of aromatic nitrogens is 1. The molecule has 0 atom stereocenters.